The van der Waals surface area contributed by atoms with Crippen LogP contribution in [0.5, 0.6) is 5.75 Å². The molecule has 0 saturated heterocycles. The molecule has 4 heteroatoms. The molecular weight excluding hydrogens is 338 g/mol. The lowest BCUT2D eigenvalue weighted by Gasteiger charge is -2.16. The summed E-state index contributed by atoms with van der Waals surface area (Å²) < 4.78 is 6.98. The third kappa shape index (κ3) is 4.23. The summed E-state index contributed by atoms with van der Waals surface area (Å²) in [5, 5.41) is 0. The third-order valence-electron chi connectivity index (χ3n) is 3.10. The van der Waals surface area contributed by atoms with E-state index in [4.69, 9.17) is 10.5 Å². The molecule has 108 valence electrons. The van der Waals surface area contributed by atoms with E-state index in [1.54, 1.807) is 0 Å². The van der Waals surface area contributed by atoms with Gasteiger partial charge < -0.3 is 10.5 Å². The average molecular weight is 357 g/mol. The van der Waals surface area contributed by atoms with Crippen LogP contribution in [-0.4, -0.2) is 0 Å². The van der Waals surface area contributed by atoms with E-state index in [0.717, 1.165) is 27.8 Å². The summed E-state index contributed by atoms with van der Waals surface area (Å²) in [5.74, 6) is 0.868. The van der Waals surface area contributed by atoms with E-state index in [0.29, 0.717) is 6.61 Å². The van der Waals surface area contributed by atoms with Crippen LogP contribution < -0.4 is 10.5 Å². The first-order chi connectivity index (χ1) is 9.22. The Labute approximate surface area is 134 Å². The second kappa shape index (κ2) is 8.30. The zero-order valence-corrected chi connectivity index (χ0v) is 13.8. The Hall–Kier alpha value is -1.03. The van der Waals surface area contributed by atoms with Crippen molar-refractivity contribution in [2.45, 2.75) is 26.0 Å². The molecule has 1 unspecified atom stereocenters. The summed E-state index contributed by atoms with van der Waals surface area (Å²) in [7, 11) is 0. The van der Waals surface area contributed by atoms with Crippen molar-refractivity contribution in [2.75, 3.05) is 0 Å². The van der Waals surface area contributed by atoms with Crippen LogP contribution in [0.1, 0.15) is 30.5 Å². The second-order valence-electron chi connectivity index (χ2n) is 4.43. The summed E-state index contributed by atoms with van der Waals surface area (Å²) in [6.45, 7) is 2.62. The average Bonchev–Trinajstić information content (AvgIpc) is 2.46. The topological polar surface area (TPSA) is 35.2 Å². The maximum atomic E-state index is 6.10. The molecule has 2 aromatic carbocycles. The van der Waals surface area contributed by atoms with E-state index in [1.807, 2.05) is 48.5 Å². The molecule has 0 heterocycles. The van der Waals surface area contributed by atoms with Crippen LogP contribution in [0, 0.1) is 0 Å². The van der Waals surface area contributed by atoms with E-state index < -0.39 is 0 Å². The van der Waals surface area contributed by atoms with Crippen molar-refractivity contribution in [3.8, 4) is 5.75 Å². The Morgan fingerprint density at radius 3 is 2.45 bits per heavy atom. The van der Waals surface area contributed by atoms with E-state index in [1.165, 1.54) is 0 Å². The van der Waals surface area contributed by atoms with Crippen molar-refractivity contribution in [3.05, 3.63) is 64.1 Å². The van der Waals surface area contributed by atoms with E-state index in [9.17, 15) is 0 Å². The van der Waals surface area contributed by atoms with Gasteiger partial charge in [-0.25, -0.2) is 0 Å². The minimum Gasteiger partial charge on any atom is -0.489 e. The van der Waals surface area contributed by atoms with Crippen molar-refractivity contribution in [3.63, 3.8) is 0 Å². The number of halogens is 2. The number of nitrogens with two attached hydrogens (primary N) is 1. The summed E-state index contributed by atoms with van der Waals surface area (Å²) >= 11 is 3.53. The molecule has 2 nitrogen and oxygen atoms in total. The van der Waals surface area contributed by atoms with Gasteiger partial charge in [0.2, 0.25) is 0 Å². The van der Waals surface area contributed by atoms with Gasteiger partial charge in [0.1, 0.15) is 12.4 Å². The predicted octanol–water partition coefficient (Wildman–Crippen LogP) is 4.86. The van der Waals surface area contributed by atoms with Gasteiger partial charge >= 0.3 is 0 Å². The van der Waals surface area contributed by atoms with E-state index >= 15 is 0 Å². The van der Waals surface area contributed by atoms with Gasteiger partial charge in [0.25, 0.3) is 0 Å². The lowest BCUT2D eigenvalue weighted by atomic mass is 10.0. The van der Waals surface area contributed by atoms with E-state index in [2.05, 4.69) is 22.9 Å². The minimum absolute atomic E-state index is 0. The minimum atomic E-state index is 0. The highest BCUT2D eigenvalue weighted by Crippen LogP contribution is 2.27. The summed E-state index contributed by atoms with van der Waals surface area (Å²) in [6.07, 6.45) is 0.898. The maximum Gasteiger partial charge on any atom is 0.124 e. The molecule has 0 radical (unpaired) electrons. The van der Waals surface area contributed by atoms with Gasteiger partial charge in [-0.3, -0.25) is 0 Å². The summed E-state index contributed by atoms with van der Waals surface area (Å²) in [5.41, 5.74) is 8.30. The maximum absolute atomic E-state index is 6.10. The highest BCUT2D eigenvalue weighted by molar-refractivity contribution is 9.10. The molecule has 20 heavy (non-hydrogen) atoms. The zero-order chi connectivity index (χ0) is 13.7. The number of hydrogen-bond donors (Lipinski definition) is 1. The molecule has 1 atom stereocenters. The standard InChI is InChI=1S/C16H18BrNO.ClH/c1-2-15(18)13-8-4-6-10-16(13)19-11-12-7-3-5-9-14(12)17;/h3-10,15H,2,11,18H2,1H3;1H. The number of para-hydroxylation sites is 1. The van der Waals surface area contributed by atoms with Gasteiger partial charge in [0.15, 0.2) is 0 Å². The molecule has 0 aromatic heterocycles. The Bertz CT molecular complexity index is 548. The molecule has 0 saturated carbocycles. The van der Waals surface area contributed by atoms with Crippen LogP contribution in [0.2, 0.25) is 0 Å². The molecule has 0 aliphatic rings. The van der Waals surface area contributed by atoms with Gasteiger partial charge in [0.05, 0.1) is 0 Å². The van der Waals surface area contributed by atoms with Crippen LogP contribution in [0.25, 0.3) is 0 Å². The monoisotopic (exact) mass is 355 g/mol. The molecule has 0 aliphatic heterocycles. The fourth-order valence-corrected chi connectivity index (χ4v) is 2.31. The van der Waals surface area contributed by atoms with Gasteiger partial charge in [-0.05, 0) is 18.6 Å². The van der Waals surface area contributed by atoms with E-state index in [-0.39, 0.29) is 18.4 Å². The first-order valence-corrected chi connectivity index (χ1v) is 7.22. The molecule has 2 N–H and O–H groups in total. The van der Waals surface area contributed by atoms with Crippen molar-refractivity contribution in [1.29, 1.82) is 0 Å². The molecule has 0 amide bonds. The molecule has 2 rings (SSSR count). The smallest absolute Gasteiger partial charge is 0.124 e. The number of ether oxygens (including phenoxy) is 1. The van der Waals surface area contributed by atoms with Crippen molar-refractivity contribution >= 4 is 28.3 Å². The van der Waals surface area contributed by atoms with Gasteiger partial charge in [0, 0.05) is 21.6 Å². The Morgan fingerprint density at radius 2 is 1.75 bits per heavy atom. The highest BCUT2D eigenvalue weighted by atomic mass is 79.9. The number of hydrogen-bond acceptors (Lipinski definition) is 2. The lowest BCUT2D eigenvalue weighted by Crippen LogP contribution is -2.10. The molecule has 0 spiro atoms. The SMILES string of the molecule is CCC(N)c1ccccc1OCc1ccccc1Br.Cl. The van der Waals surface area contributed by atoms with Crippen LogP contribution in [0.15, 0.2) is 53.0 Å². The second-order valence-corrected chi connectivity index (χ2v) is 5.29. The fraction of sp³-hybridized carbons (Fsp3) is 0.250. The summed E-state index contributed by atoms with van der Waals surface area (Å²) in [6, 6.07) is 16.1. The largest absolute Gasteiger partial charge is 0.489 e. The molecule has 0 fully saturated rings. The van der Waals surface area contributed by atoms with Crippen molar-refractivity contribution in [1.82, 2.24) is 0 Å². The highest BCUT2D eigenvalue weighted by Gasteiger charge is 2.10. The van der Waals surface area contributed by atoms with Crippen LogP contribution in [-0.2, 0) is 6.61 Å². The number of benzene rings is 2. The molecular formula is C16H19BrClNO. The Morgan fingerprint density at radius 1 is 1.10 bits per heavy atom. The molecule has 2 aromatic rings. The van der Waals surface area contributed by atoms with Gasteiger partial charge in [-0.1, -0.05) is 59.3 Å². The fourth-order valence-electron chi connectivity index (χ4n) is 1.91. The van der Waals surface area contributed by atoms with Crippen LogP contribution in [0.4, 0.5) is 0 Å². The Kier molecular flexibility index (Phi) is 7.06. The molecule has 0 aliphatic carbocycles. The molecule has 0 bridgehead atoms. The summed E-state index contributed by atoms with van der Waals surface area (Å²) in [4.78, 5) is 0. The predicted molar refractivity (Wildman–Crippen MR) is 89.4 cm³/mol. The number of rotatable bonds is 5. The van der Waals surface area contributed by atoms with Crippen LogP contribution >= 0.6 is 28.3 Å². The zero-order valence-electron chi connectivity index (χ0n) is 11.4. The quantitative estimate of drug-likeness (QED) is 0.830. The van der Waals surface area contributed by atoms with Gasteiger partial charge in [-0.15, -0.1) is 12.4 Å². The first kappa shape index (κ1) is 17.0. The first-order valence-electron chi connectivity index (χ1n) is 6.43. The van der Waals surface area contributed by atoms with Crippen molar-refractivity contribution in [2.24, 2.45) is 5.73 Å². The van der Waals surface area contributed by atoms with Gasteiger partial charge in [-0.2, -0.15) is 0 Å². The van der Waals surface area contributed by atoms with Crippen LogP contribution in [0.3, 0.4) is 0 Å². The third-order valence-corrected chi connectivity index (χ3v) is 3.87. The normalized spacial score (nSPS) is 11.6. The Balaban J connectivity index is 0.00000200. The van der Waals surface area contributed by atoms with Crippen molar-refractivity contribution < 1.29 is 4.74 Å². The lowest BCUT2D eigenvalue weighted by molar-refractivity contribution is 0.300.